The van der Waals surface area contributed by atoms with E-state index in [2.05, 4.69) is 10.3 Å². The number of nitrogens with zero attached hydrogens (tertiary/aromatic N) is 1. The Hall–Kier alpha value is -1.01. The fourth-order valence-electron chi connectivity index (χ4n) is 0.949. The summed E-state index contributed by atoms with van der Waals surface area (Å²) in [7, 11) is 0. The van der Waals surface area contributed by atoms with E-state index in [0.717, 1.165) is 10.7 Å². The van der Waals surface area contributed by atoms with Gasteiger partial charge in [-0.15, -0.1) is 11.3 Å². The highest BCUT2D eigenvalue weighted by Gasteiger charge is 2.15. The van der Waals surface area contributed by atoms with Crippen LogP contribution >= 0.6 is 23.6 Å². The molecule has 1 rings (SSSR count). The first kappa shape index (κ1) is 12.1. The van der Waals surface area contributed by atoms with Crippen LogP contribution in [0.25, 0.3) is 0 Å². The zero-order valence-electron chi connectivity index (χ0n) is 8.61. The smallest absolute Gasteiger partial charge is 0.229 e. The largest absolute Gasteiger partial charge is 0.393 e. The molecule has 82 valence electrons. The first-order valence-electron chi connectivity index (χ1n) is 4.48. The van der Waals surface area contributed by atoms with E-state index >= 15 is 0 Å². The Balaban J connectivity index is 2.44. The highest BCUT2D eigenvalue weighted by atomic mass is 32.1. The van der Waals surface area contributed by atoms with Crippen molar-refractivity contribution in [3.8, 4) is 0 Å². The Morgan fingerprint density at radius 2 is 2.47 bits per heavy atom. The number of carbonyl (C=O) groups is 1. The number of rotatable bonds is 4. The van der Waals surface area contributed by atoms with Crippen molar-refractivity contribution in [2.45, 2.75) is 20.4 Å². The molecule has 1 amide bonds. The van der Waals surface area contributed by atoms with Crippen molar-refractivity contribution in [2.24, 2.45) is 11.7 Å². The highest BCUT2D eigenvalue weighted by Crippen LogP contribution is 2.07. The summed E-state index contributed by atoms with van der Waals surface area (Å²) in [5, 5.41) is 5.64. The van der Waals surface area contributed by atoms with E-state index in [4.69, 9.17) is 18.0 Å². The van der Waals surface area contributed by atoms with Gasteiger partial charge in [-0.05, 0) is 13.8 Å². The molecule has 3 N–H and O–H groups in total. The molecule has 4 nitrogen and oxygen atoms in total. The van der Waals surface area contributed by atoms with Crippen molar-refractivity contribution in [2.75, 3.05) is 0 Å². The van der Waals surface area contributed by atoms with Crippen LogP contribution in [0.1, 0.15) is 17.6 Å². The van der Waals surface area contributed by atoms with E-state index in [0.29, 0.717) is 6.54 Å². The lowest BCUT2D eigenvalue weighted by molar-refractivity contribution is -0.122. The third kappa shape index (κ3) is 3.56. The maximum Gasteiger partial charge on any atom is 0.229 e. The Morgan fingerprint density at radius 1 is 1.80 bits per heavy atom. The second kappa shape index (κ2) is 5.18. The lowest BCUT2D eigenvalue weighted by atomic mass is 10.1. The highest BCUT2D eigenvalue weighted by molar-refractivity contribution is 7.80. The molecule has 0 aliphatic heterocycles. The number of thiazole rings is 1. The summed E-state index contributed by atoms with van der Waals surface area (Å²) >= 11 is 6.29. The summed E-state index contributed by atoms with van der Waals surface area (Å²) in [6.45, 7) is 4.04. The van der Waals surface area contributed by atoms with Gasteiger partial charge in [0.2, 0.25) is 5.91 Å². The van der Waals surface area contributed by atoms with Gasteiger partial charge < -0.3 is 11.1 Å². The average Bonchev–Trinajstić information content (AvgIpc) is 2.59. The van der Waals surface area contributed by atoms with Gasteiger partial charge in [-0.1, -0.05) is 12.2 Å². The van der Waals surface area contributed by atoms with Crippen LogP contribution in [-0.2, 0) is 11.3 Å². The normalized spacial score (nSPS) is 12.1. The number of hydrogen-bond donors (Lipinski definition) is 2. The van der Waals surface area contributed by atoms with Gasteiger partial charge in [-0.2, -0.15) is 0 Å². The van der Waals surface area contributed by atoms with Crippen LogP contribution in [0.2, 0.25) is 0 Å². The average molecular weight is 243 g/mol. The summed E-state index contributed by atoms with van der Waals surface area (Å²) in [6.07, 6.45) is 0. The van der Waals surface area contributed by atoms with E-state index in [-0.39, 0.29) is 10.9 Å². The maximum atomic E-state index is 11.5. The molecule has 0 aliphatic rings. The van der Waals surface area contributed by atoms with Crippen molar-refractivity contribution in [1.29, 1.82) is 0 Å². The van der Waals surface area contributed by atoms with Crippen molar-refractivity contribution in [3.63, 3.8) is 0 Å². The van der Waals surface area contributed by atoms with Crippen LogP contribution in [0.15, 0.2) is 5.38 Å². The van der Waals surface area contributed by atoms with Crippen molar-refractivity contribution in [3.05, 3.63) is 16.1 Å². The summed E-state index contributed by atoms with van der Waals surface area (Å²) in [5.74, 6) is -0.590. The number of aryl methyl sites for hydroxylation is 1. The molecule has 0 spiro atoms. The van der Waals surface area contributed by atoms with Crippen LogP contribution < -0.4 is 11.1 Å². The molecule has 1 atom stereocenters. The molecule has 0 saturated heterocycles. The van der Waals surface area contributed by atoms with E-state index in [1.807, 2.05) is 12.3 Å². The van der Waals surface area contributed by atoms with E-state index < -0.39 is 5.92 Å². The monoisotopic (exact) mass is 243 g/mol. The molecule has 1 aromatic rings. The zero-order valence-corrected chi connectivity index (χ0v) is 10.2. The van der Waals surface area contributed by atoms with Crippen LogP contribution in [0, 0.1) is 12.8 Å². The van der Waals surface area contributed by atoms with Crippen molar-refractivity contribution >= 4 is 34.5 Å². The lowest BCUT2D eigenvalue weighted by Gasteiger charge is -2.09. The van der Waals surface area contributed by atoms with Crippen LogP contribution in [0.3, 0.4) is 0 Å². The molecule has 0 fully saturated rings. The molecule has 0 aliphatic carbocycles. The summed E-state index contributed by atoms with van der Waals surface area (Å²) in [6, 6.07) is 0. The Kier molecular flexibility index (Phi) is 4.16. The van der Waals surface area contributed by atoms with Gasteiger partial charge in [0.15, 0.2) is 0 Å². The SMILES string of the molecule is Cc1nc(CNC(=O)C(C)C(N)=S)cs1. The third-order valence-electron chi connectivity index (χ3n) is 1.93. The Bertz CT molecular complexity index is 375. The van der Waals surface area contributed by atoms with Gasteiger partial charge in [-0.3, -0.25) is 4.79 Å². The first-order chi connectivity index (χ1) is 7.00. The first-order valence-corrected chi connectivity index (χ1v) is 5.77. The minimum Gasteiger partial charge on any atom is -0.393 e. The number of nitrogens with two attached hydrogens (primary N) is 1. The number of thiocarbonyl (C=S) groups is 1. The Morgan fingerprint density at radius 3 is 2.93 bits per heavy atom. The number of hydrogen-bond acceptors (Lipinski definition) is 4. The van der Waals surface area contributed by atoms with Gasteiger partial charge >= 0.3 is 0 Å². The molecular weight excluding hydrogens is 230 g/mol. The van der Waals surface area contributed by atoms with E-state index in [1.165, 1.54) is 0 Å². The van der Waals surface area contributed by atoms with Crippen LogP contribution in [0.4, 0.5) is 0 Å². The van der Waals surface area contributed by atoms with E-state index in [1.54, 1.807) is 18.3 Å². The van der Waals surface area contributed by atoms with Gasteiger partial charge in [-0.25, -0.2) is 4.98 Å². The Labute approximate surface area is 97.9 Å². The van der Waals surface area contributed by atoms with Gasteiger partial charge in [0.05, 0.1) is 28.2 Å². The quantitative estimate of drug-likeness (QED) is 0.774. The van der Waals surface area contributed by atoms with Crippen molar-refractivity contribution < 1.29 is 4.79 Å². The number of amides is 1. The van der Waals surface area contributed by atoms with E-state index in [9.17, 15) is 4.79 Å². The second-order valence-electron chi connectivity index (χ2n) is 3.20. The molecule has 0 bridgehead atoms. The number of nitrogens with one attached hydrogen (secondary N) is 1. The van der Waals surface area contributed by atoms with Crippen LogP contribution in [0.5, 0.6) is 0 Å². The molecular formula is C9H13N3OS2. The molecule has 1 aromatic heterocycles. The topological polar surface area (TPSA) is 68.0 Å². The number of carbonyl (C=O) groups excluding carboxylic acids is 1. The minimum absolute atomic E-state index is 0.159. The summed E-state index contributed by atoms with van der Waals surface area (Å²) < 4.78 is 0. The summed E-state index contributed by atoms with van der Waals surface area (Å²) in [5.41, 5.74) is 6.23. The second-order valence-corrected chi connectivity index (χ2v) is 4.73. The molecule has 1 unspecified atom stereocenters. The minimum atomic E-state index is -0.431. The van der Waals surface area contributed by atoms with Gasteiger partial charge in [0, 0.05) is 5.38 Å². The number of aromatic nitrogens is 1. The van der Waals surface area contributed by atoms with Crippen LogP contribution in [-0.4, -0.2) is 15.9 Å². The fraction of sp³-hybridized carbons (Fsp3) is 0.444. The summed E-state index contributed by atoms with van der Waals surface area (Å²) in [4.78, 5) is 15.9. The van der Waals surface area contributed by atoms with Crippen molar-refractivity contribution in [1.82, 2.24) is 10.3 Å². The molecule has 0 radical (unpaired) electrons. The lowest BCUT2D eigenvalue weighted by Crippen LogP contribution is -2.35. The standard InChI is InChI=1S/C9H13N3OS2/c1-5(8(10)14)9(13)11-3-7-4-15-6(2)12-7/h4-5H,3H2,1-2H3,(H2,10,14)(H,11,13). The predicted octanol–water partition coefficient (Wildman–Crippen LogP) is 0.990. The zero-order chi connectivity index (χ0) is 11.4. The third-order valence-corrected chi connectivity index (χ3v) is 3.11. The fourth-order valence-corrected chi connectivity index (χ4v) is 1.67. The van der Waals surface area contributed by atoms with Gasteiger partial charge in [0.25, 0.3) is 0 Å². The van der Waals surface area contributed by atoms with Gasteiger partial charge in [0.1, 0.15) is 0 Å². The molecule has 0 aromatic carbocycles. The predicted molar refractivity (Wildman–Crippen MR) is 64.6 cm³/mol. The molecule has 6 heteroatoms. The molecule has 0 saturated carbocycles. The maximum absolute atomic E-state index is 11.5. The molecule has 1 heterocycles. The molecule has 15 heavy (non-hydrogen) atoms.